The van der Waals surface area contributed by atoms with Crippen molar-refractivity contribution in [2.75, 3.05) is 0 Å². The predicted molar refractivity (Wildman–Crippen MR) is 51.7 cm³/mol. The van der Waals surface area contributed by atoms with Crippen molar-refractivity contribution in [2.24, 2.45) is 0 Å². The Morgan fingerprint density at radius 1 is 1.23 bits per heavy atom. The summed E-state index contributed by atoms with van der Waals surface area (Å²) < 4.78 is 0. The third kappa shape index (κ3) is 2.90. The first-order chi connectivity index (χ1) is 6.38. The van der Waals surface area contributed by atoms with E-state index in [-0.39, 0.29) is 6.47 Å². The van der Waals surface area contributed by atoms with Gasteiger partial charge in [0.1, 0.15) is 0 Å². The van der Waals surface area contributed by atoms with Crippen LogP contribution in [0, 0.1) is 0 Å². The molecule has 1 aromatic carbocycles. The molecule has 70 valence electrons. The van der Waals surface area contributed by atoms with E-state index in [0.717, 1.165) is 5.92 Å². The molecular weight excluding hydrogens is 164 g/mol. The summed E-state index contributed by atoms with van der Waals surface area (Å²) in [6, 6.07) is 10.8. The quantitative estimate of drug-likeness (QED) is 0.671. The van der Waals surface area contributed by atoms with Crippen LogP contribution < -0.4 is 0 Å². The highest BCUT2D eigenvalue weighted by molar-refractivity contribution is 5.32. The van der Waals surface area contributed by atoms with Gasteiger partial charge in [-0.1, -0.05) is 36.8 Å². The smallest absolute Gasteiger partial charge is 0.290 e. The molecule has 0 radical (unpaired) electrons. The van der Waals surface area contributed by atoms with Gasteiger partial charge in [0.05, 0.1) is 0 Å². The lowest BCUT2D eigenvalue weighted by Gasteiger charge is -2.25. The molecule has 1 aliphatic carbocycles. The maximum absolute atomic E-state index is 8.36. The van der Waals surface area contributed by atoms with Crippen molar-refractivity contribution in [3.63, 3.8) is 0 Å². The van der Waals surface area contributed by atoms with Crippen LogP contribution in [0.5, 0.6) is 0 Å². The summed E-state index contributed by atoms with van der Waals surface area (Å²) in [5.74, 6) is 0.890. The maximum Gasteiger partial charge on any atom is 0.290 e. The van der Waals surface area contributed by atoms with Gasteiger partial charge in [0.15, 0.2) is 0 Å². The summed E-state index contributed by atoms with van der Waals surface area (Å²) in [4.78, 5) is 8.36. The van der Waals surface area contributed by atoms with E-state index in [2.05, 4.69) is 30.3 Å². The molecule has 13 heavy (non-hydrogen) atoms. The maximum atomic E-state index is 8.36. The van der Waals surface area contributed by atoms with Gasteiger partial charge in [-0.05, 0) is 24.3 Å². The van der Waals surface area contributed by atoms with Gasteiger partial charge >= 0.3 is 0 Å². The van der Waals surface area contributed by atoms with Crippen LogP contribution in [-0.2, 0) is 4.79 Å². The van der Waals surface area contributed by atoms with Crippen LogP contribution in [0.3, 0.4) is 0 Å². The topological polar surface area (TPSA) is 37.3 Å². The summed E-state index contributed by atoms with van der Waals surface area (Å²) in [5.41, 5.74) is 1.54. The molecule has 0 unspecified atom stereocenters. The Balaban J connectivity index is 0.000000251. The fraction of sp³-hybridized carbons (Fsp3) is 0.364. The zero-order chi connectivity index (χ0) is 9.52. The number of benzene rings is 1. The van der Waals surface area contributed by atoms with Gasteiger partial charge in [0.25, 0.3) is 6.47 Å². The molecule has 2 rings (SSSR count). The molecule has 0 aromatic heterocycles. The highest BCUT2D eigenvalue weighted by atomic mass is 16.3. The molecule has 1 saturated carbocycles. The summed E-state index contributed by atoms with van der Waals surface area (Å²) in [6.45, 7) is -0.250. The van der Waals surface area contributed by atoms with E-state index in [1.807, 2.05) is 0 Å². The molecule has 1 aromatic rings. The second-order valence-corrected chi connectivity index (χ2v) is 3.14. The standard InChI is InChI=1S/C10H12.CH2O2/c1-2-5-9(6-3-1)10-7-4-8-10;2-1-3/h1-3,5-6,10H,4,7-8H2;1H,(H,2,3). The van der Waals surface area contributed by atoms with E-state index in [0.29, 0.717) is 0 Å². The number of hydrogen-bond donors (Lipinski definition) is 1. The Labute approximate surface area is 78.2 Å². The zero-order valence-corrected chi connectivity index (χ0v) is 7.52. The van der Waals surface area contributed by atoms with E-state index >= 15 is 0 Å². The molecule has 1 fully saturated rings. The zero-order valence-electron chi connectivity index (χ0n) is 7.52. The molecule has 0 bridgehead atoms. The Bertz CT molecular complexity index is 240. The van der Waals surface area contributed by atoms with Crippen molar-refractivity contribution >= 4 is 6.47 Å². The summed E-state index contributed by atoms with van der Waals surface area (Å²) in [6.07, 6.45) is 4.24. The first-order valence-corrected chi connectivity index (χ1v) is 4.51. The first kappa shape index (κ1) is 9.78. The molecule has 2 heteroatoms. The normalized spacial score (nSPS) is 15.1. The Kier molecular flexibility index (Phi) is 4.03. The summed E-state index contributed by atoms with van der Waals surface area (Å²) >= 11 is 0. The molecule has 2 nitrogen and oxygen atoms in total. The van der Waals surface area contributed by atoms with Gasteiger partial charge in [-0.3, -0.25) is 4.79 Å². The minimum atomic E-state index is -0.250. The van der Waals surface area contributed by atoms with Gasteiger partial charge in [0, 0.05) is 0 Å². The van der Waals surface area contributed by atoms with E-state index < -0.39 is 0 Å². The van der Waals surface area contributed by atoms with E-state index in [1.165, 1.54) is 24.8 Å². The molecule has 1 N–H and O–H groups in total. The average molecular weight is 178 g/mol. The molecule has 0 spiro atoms. The van der Waals surface area contributed by atoms with Gasteiger partial charge in [-0.2, -0.15) is 0 Å². The lowest BCUT2D eigenvalue weighted by Crippen LogP contribution is -2.07. The predicted octanol–water partition coefficient (Wildman–Crippen LogP) is 2.65. The van der Waals surface area contributed by atoms with Crippen LogP contribution in [-0.4, -0.2) is 11.6 Å². The van der Waals surface area contributed by atoms with Crippen LogP contribution >= 0.6 is 0 Å². The first-order valence-electron chi connectivity index (χ1n) is 4.51. The van der Waals surface area contributed by atoms with Crippen molar-refractivity contribution in [1.29, 1.82) is 0 Å². The second kappa shape index (κ2) is 5.36. The fourth-order valence-electron chi connectivity index (χ4n) is 1.47. The lowest BCUT2D eigenvalue weighted by atomic mass is 9.80. The van der Waals surface area contributed by atoms with Crippen LogP contribution in [0.4, 0.5) is 0 Å². The van der Waals surface area contributed by atoms with E-state index in [1.54, 1.807) is 0 Å². The monoisotopic (exact) mass is 178 g/mol. The average Bonchev–Trinajstić information content (AvgIpc) is 2.04. The van der Waals surface area contributed by atoms with Gasteiger partial charge < -0.3 is 5.11 Å². The molecule has 0 aliphatic heterocycles. The van der Waals surface area contributed by atoms with Crippen molar-refractivity contribution in [2.45, 2.75) is 25.2 Å². The van der Waals surface area contributed by atoms with Crippen LogP contribution in [0.1, 0.15) is 30.7 Å². The summed E-state index contributed by atoms with van der Waals surface area (Å²) in [7, 11) is 0. The third-order valence-electron chi connectivity index (χ3n) is 2.38. The molecule has 0 saturated heterocycles. The lowest BCUT2D eigenvalue weighted by molar-refractivity contribution is -0.122. The van der Waals surface area contributed by atoms with Crippen LogP contribution in [0.2, 0.25) is 0 Å². The molecule has 0 atom stereocenters. The van der Waals surface area contributed by atoms with Crippen LogP contribution in [0.25, 0.3) is 0 Å². The second-order valence-electron chi connectivity index (χ2n) is 3.14. The van der Waals surface area contributed by atoms with Crippen molar-refractivity contribution in [1.82, 2.24) is 0 Å². The third-order valence-corrected chi connectivity index (χ3v) is 2.38. The highest BCUT2D eigenvalue weighted by Crippen LogP contribution is 2.35. The van der Waals surface area contributed by atoms with Gasteiger partial charge in [0.2, 0.25) is 0 Å². The number of carbonyl (C=O) groups is 1. The molecular formula is C11H14O2. The van der Waals surface area contributed by atoms with Crippen LogP contribution in [0.15, 0.2) is 30.3 Å². The number of rotatable bonds is 1. The Hall–Kier alpha value is -1.31. The van der Waals surface area contributed by atoms with Gasteiger partial charge in [-0.25, -0.2) is 0 Å². The van der Waals surface area contributed by atoms with Crippen molar-refractivity contribution < 1.29 is 9.90 Å². The minimum absolute atomic E-state index is 0.250. The number of carboxylic acid groups (broad SMARTS) is 1. The number of hydrogen-bond acceptors (Lipinski definition) is 1. The Morgan fingerprint density at radius 2 is 1.77 bits per heavy atom. The minimum Gasteiger partial charge on any atom is -0.483 e. The van der Waals surface area contributed by atoms with Crippen molar-refractivity contribution in [3.8, 4) is 0 Å². The van der Waals surface area contributed by atoms with E-state index in [4.69, 9.17) is 9.90 Å². The van der Waals surface area contributed by atoms with Gasteiger partial charge in [-0.15, -0.1) is 0 Å². The van der Waals surface area contributed by atoms with Crippen molar-refractivity contribution in [3.05, 3.63) is 35.9 Å². The fourth-order valence-corrected chi connectivity index (χ4v) is 1.47. The molecule has 0 amide bonds. The highest BCUT2D eigenvalue weighted by Gasteiger charge is 2.18. The Morgan fingerprint density at radius 3 is 2.15 bits per heavy atom. The largest absolute Gasteiger partial charge is 0.483 e. The van der Waals surface area contributed by atoms with E-state index in [9.17, 15) is 0 Å². The summed E-state index contributed by atoms with van der Waals surface area (Å²) in [5, 5.41) is 6.89. The SMILES string of the molecule is O=CO.c1ccc(C2CCC2)cc1. The molecule has 1 aliphatic rings. The molecule has 0 heterocycles.